The third-order valence-electron chi connectivity index (χ3n) is 7.18. The summed E-state index contributed by atoms with van der Waals surface area (Å²) in [6, 6.07) is -2.88. The Morgan fingerprint density at radius 2 is 1.45 bits per heavy atom. The van der Waals surface area contributed by atoms with Gasteiger partial charge in [0.25, 0.3) is 0 Å². The number of carboxylic acids is 1. The summed E-state index contributed by atoms with van der Waals surface area (Å²) in [4.78, 5) is 77.3. The van der Waals surface area contributed by atoms with E-state index in [4.69, 9.17) is 4.74 Å². The van der Waals surface area contributed by atoms with Crippen molar-refractivity contribution in [3.05, 3.63) is 0 Å². The molecule has 13 heteroatoms. The number of thioether (sulfide) groups is 1. The molecule has 1 aliphatic carbocycles. The van der Waals surface area contributed by atoms with Crippen molar-refractivity contribution < 1.29 is 38.6 Å². The molecular weight excluding hydrogens is 516 g/mol. The summed E-state index contributed by atoms with van der Waals surface area (Å²) in [5, 5.41) is 17.4. The van der Waals surface area contributed by atoms with E-state index in [1.54, 1.807) is 20.1 Å². The maximum atomic E-state index is 13.3. The van der Waals surface area contributed by atoms with E-state index in [0.717, 1.165) is 12.8 Å². The van der Waals surface area contributed by atoms with Gasteiger partial charge in [0.15, 0.2) is 0 Å². The van der Waals surface area contributed by atoms with E-state index in [-0.39, 0.29) is 68.2 Å². The molecule has 3 aliphatic rings. The van der Waals surface area contributed by atoms with E-state index in [2.05, 4.69) is 10.6 Å². The average Bonchev–Trinajstić information content (AvgIpc) is 3.46. The standard InChI is InChI=1S/C25H38N4O8S/c1-25(2,9-20(31)28-12-16(7-17(28)23(34)35)27-22(33)14-5-6-14)10-21(32)29-11-15(26-19(30)13-38-4)8-18(29)24(36)37-3/h14-18H,5-13H2,1-4H3,(H,26,30)(H,27,33)(H,34,35)/p-1/t15-,16-,17-,18-/m0/s1. The lowest BCUT2D eigenvalue weighted by atomic mass is 9.84. The fourth-order valence-corrected chi connectivity index (χ4v) is 5.51. The van der Waals surface area contributed by atoms with Crippen molar-refractivity contribution >= 4 is 47.3 Å². The van der Waals surface area contributed by atoms with Crippen molar-refractivity contribution in [2.24, 2.45) is 11.3 Å². The summed E-state index contributed by atoms with van der Waals surface area (Å²) in [6.45, 7) is 3.65. The second-order valence-corrected chi connectivity index (χ2v) is 12.0. The summed E-state index contributed by atoms with van der Waals surface area (Å²) in [6.07, 6.45) is 3.53. The second-order valence-electron chi connectivity index (χ2n) is 11.1. The van der Waals surface area contributed by atoms with Gasteiger partial charge in [-0.25, -0.2) is 4.79 Å². The van der Waals surface area contributed by atoms with Gasteiger partial charge in [0.2, 0.25) is 23.6 Å². The lowest BCUT2D eigenvalue weighted by Crippen LogP contribution is -2.48. The van der Waals surface area contributed by atoms with Crippen molar-refractivity contribution in [2.75, 3.05) is 32.2 Å². The van der Waals surface area contributed by atoms with Crippen LogP contribution in [0.4, 0.5) is 0 Å². The Hall–Kier alpha value is -2.83. The molecule has 38 heavy (non-hydrogen) atoms. The number of methoxy groups -OCH3 is 1. The number of amides is 4. The molecule has 1 saturated carbocycles. The molecule has 2 saturated heterocycles. The van der Waals surface area contributed by atoms with Gasteiger partial charge in [-0.1, -0.05) is 13.8 Å². The second kappa shape index (κ2) is 12.4. The monoisotopic (exact) mass is 553 g/mol. The van der Waals surface area contributed by atoms with Crippen LogP contribution in [0.15, 0.2) is 0 Å². The highest BCUT2D eigenvalue weighted by atomic mass is 32.2. The molecule has 0 spiro atoms. The first-order valence-corrected chi connectivity index (χ1v) is 14.2. The predicted octanol–water partition coefficient (Wildman–Crippen LogP) is -1.34. The summed E-state index contributed by atoms with van der Waals surface area (Å²) >= 11 is 1.36. The third kappa shape index (κ3) is 7.61. The molecule has 2 aliphatic heterocycles. The number of nitrogens with zero attached hydrogens (tertiary/aromatic N) is 2. The van der Waals surface area contributed by atoms with Crippen LogP contribution in [-0.2, 0) is 33.5 Å². The van der Waals surface area contributed by atoms with Crippen LogP contribution in [0.1, 0.15) is 52.4 Å². The maximum Gasteiger partial charge on any atom is 0.328 e. The molecule has 0 unspecified atom stereocenters. The van der Waals surface area contributed by atoms with E-state index in [9.17, 15) is 33.9 Å². The van der Waals surface area contributed by atoms with Crippen LogP contribution in [0.25, 0.3) is 0 Å². The Balaban J connectivity index is 1.62. The van der Waals surface area contributed by atoms with E-state index in [1.807, 2.05) is 0 Å². The zero-order chi connectivity index (χ0) is 28.2. The van der Waals surface area contributed by atoms with Crippen molar-refractivity contribution in [2.45, 2.75) is 76.5 Å². The molecule has 0 aromatic rings. The molecule has 0 aromatic heterocycles. The van der Waals surface area contributed by atoms with E-state index in [1.165, 1.54) is 28.7 Å². The van der Waals surface area contributed by atoms with E-state index >= 15 is 0 Å². The Bertz CT molecular complexity index is 969. The van der Waals surface area contributed by atoms with Crippen LogP contribution in [0.2, 0.25) is 0 Å². The fraction of sp³-hybridized carbons (Fsp3) is 0.760. The number of aliphatic carboxylic acids is 1. The minimum atomic E-state index is -1.39. The van der Waals surface area contributed by atoms with Crippen LogP contribution < -0.4 is 15.7 Å². The minimum absolute atomic E-state index is 0.0380. The Kier molecular flexibility index (Phi) is 9.66. The molecule has 3 rings (SSSR count). The van der Waals surface area contributed by atoms with Gasteiger partial charge in [-0.05, 0) is 30.9 Å². The largest absolute Gasteiger partial charge is 0.548 e. The van der Waals surface area contributed by atoms with Gasteiger partial charge < -0.3 is 35.1 Å². The molecule has 212 valence electrons. The zero-order valence-electron chi connectivity index (χ0n) is 22.3. The molecular formula is C25H37N4O8S-. The number of esters is 1. The van der Waals surface area contributed by atoms with Crippen LogP contribution in [-0.4, -0.2) is 102 Å². The van der Waals surface area contributed by atoms with Crippen molar-refractivity contribution in [1.29, 1.82) is 0 Å². The van der Waals surface area contributed by atoms with E-state index in [0.29, 0.717) is 0 Å². The van der Waals surface area contributed by atoms with Crippen molar-refractivity contribution in [3.8, 4) is 0 Å². The molecule has 3 fully saturated rings. The number of carboxylic acid groups (broad SMARTS) is 1. The van der Waals surface area contributed by atoms with Gasteiger partial charge in [0, 0.05) is 50.4 Å². The highest BCUT2D eigenvalue weighted by Crippen LogP contribution is 2.32. The predicted molar refractivity (Wildman–Crippen MR) is 135 cm³/mol. The fourth-order valence-electron chi connectivity index (χ4n) is 5.16. The SMILES string of the molecule is COC(=O)[C@@H]1C[C@H](NC(=O)CSC)CN1C(=O)CC(C)(C)CC(=O)N1C[C@@H](NC(=O)C2CC2)C[C@H]1C(=O)[O-]. The van der Waals surface area contributed by atoms with Crippen LogP contribution in [0, 0.1) is 11.3 Å². The normalized spacial score (nSPS) is 25.2. The zero-order valence-corrected chi connectivity index (χ0v) is 23.1. The molecule has 0 bridgehead atoms. The van der Waals surface area contributed by atoms with Gasteiger partial charge in [-0.3, -0.25) is 19.2 Å². The lowest BCUT2D eigenvalue weighted by Gasteiger charge is -2.32. The van der Waals surface area contributed by atoms with Gasteiger partial charge in [-0.15, -0.1) is 0 Å². The van der Waals surface area contributed by atoms with Gasteiger partial charge in [-0.2, -0.15) is 11.8 Å². The number of hydrogen-bond acceptors (Lipinski definition) is 9. The maximum absolute atomic E-state index is 13.3. The molecule has 2 N–H and O–H groups in total. The Morgan fingerprint density at radius 1 is 0.921 bits per heavy atom. The topological polar surface area (TPSA) is 165 Å². The van der Waals surface area contributed by atoms with Crippen LogP contribution in [0.3, 0.4) is 0 Å². The quantitative estimate of drug-likeness (QED) is 0.295. The van der Waals surface area contributed by atoms with Crippen LogP contribution in [0.5, 0.6) is 0 Å². The first-order valence-electron chi connectivity index (χ1n) is 12.8. The number of hydrogen-bond donors (Lipinski definition) is 2. The molecule has 4 amide bonds. The highest BCUT2D eigenvalue weighted by molar-refractivity contribution is 7.99. The van der Waals surface area contributed by atoms with Gasteiger partial charge >= 0.3 is 5.97 Å². The number of likely N-dealkylation sites (tertiary alicyclic amines) is 2. The average molecular weight is 554 g/mol. The number of ether oxygens (including phenoxy) is 1. The number of carbonyl (C=O) groups excluding carboxylic acids is 6. The number of rotatable bonds is 11. The number of carbonyl (C=O) groups is 6. The third-order valence-corrected chi connectivity index (χ3v) is 7.73. The molecule has 0 aromatic carbocycles. The van der Waals surface area contributed by atoms with E-state index < -0.39 is 47.4 Å². The molecule has 12 nitrogen and oxygen atoms in total. The van der Waals surface area contributed by atoms with Gasteiger partial charge in [0.05, 0.1) is 24.9 Å². The first kappa shape index (κ1) is 29.7. The van der Waals surface area contributed by atoms with Gasteiger partial charge in [0.1, 0.15) is 6.04 Å². The summed E-state index contributed by atoms with van der Waals surface area (Å²) in [5.41, 5.74) is -0.860. The Labute approximate surface area is 226 Å². The highest BCUT2D eigenvalue weighted by Gasteiger charge is 2.44. The molecule has 0 radical (unpaired) electrons. The first-order chi connectivity index (χ1) is 17.8. The minimum Gasteiger partial charge on any atom is -0.548 e. The summed E-state index contributed by atoms with van der Waals surface area (Å²) in [5.74, 6) is -2.88. The smallest absolute Gasteiger partial charge is 0.328 e. The van der Waals surface area contributed by atoms with Crippen molar-refractivity contribution in [1.82, 2.24) is 20.4 Å². The molecule has 2 heterocycles. The van der Waals surface area contributed by atoms with Crippen LogP contribution >= 0.6 is 11.8 Å². The Morgan fingerprint density at radius 3 is 1.95 bits per heavy atom. The molecule has 4 atom stereocenters. The lowest BCUT2D eigenvalue weighted by molar-refractivity contribution is -0.310. The number of nitrogens with one attached hydrogen (secondary N) is 2. The summed E-state index contributed by atoms with van der Waals surface area (Å²) in [7, 11) is 1.23. The van der Waals surface area contributed by atoms with Crippen molar-refractivity contribution in [3.63, 3.8) is 0 Å². The summed E-state index contributed by atoms with van der Waals surface area (Å²) < 4.78 is 4.87.